The number of thiocarbonyl (C=S) groups is 1. The number of benzene rings is 2. The van der Waals surface area contributed by atoms with E-state index in [2.05, 4.69) is 30.9 Å². The second-order valence-corrected chi connectivity index (χ2v) is 9.80. The molecular formula is C29H31N3O4S. The van der Waals surface area contributed by atoms with Crippen LogP contribution in [-0.2, 0) is 26.3 Å². The van der Waals surface area contributed by atoms with Crippen molar-refractivity contribution >= 4 is 40.8 Å². The molecule has 2 aromatic carbocycles. The van der Waals surface area contributed by atoms with Crippen LogP contribution in [0.4, 0.5) is 5.69 Å². The normalized spacial score (nSPS) is 18.0. The standard InChI is InChI=1S/C29H31N3O4S/c1-6-30-25(33)21(26(34)31(7-2)28(30)37)16-17-24-29(3,4)22-10-8-9-11-23(22)32(24)18-19-12-14-20(15-13-19)27(35)36-5/h8-17H,6-7,18H2,1-5H3/b24-17+. The molecule has 0 spiro atoms. The number of para-hydroxylation sites is 1. The number of ether oxygens (including phenoxy) is 1. The summed E-state index contributed by atoms with van der Waals surface area (Å²) in [5.74, 6) is -1.13. The fourth-order valence-corrected chi connectivity index (χ4v) is 5.35. The van der Waals surface area contributed by atoms with E-state index in [9.17, 15) is 14.4 Å². The topological polar surface area (TPSA) is 70.2 Å². The van der Waals surface area contributed by atoms with Crippen LogP contribution < -0.4 is 4.90 Å². The molecule has 4 rings (SSSR count). The number of hydrogen-bond donors (Lipinski definition) is 0. The van der Waals surface area contributed by atoms with Gasteiger partial charge in [0.1, 0.15) is 5.57 Å². The van der Waals surface area contributed by atoms with E-state index in [4.69, 9.17) is 17.0 Å². The van der Waals surface area contributed by atoms with Crippen molar-refractivity contribution in [3.8, 4) is 0 Å². The molecule has 2 aliphatic rings. The van der Waals surface area contributed by atoms with Crippen LogP contribution in [0.25, 0.3) is 0 Å². The Bertz CT molecular complexity index is 1300. The lowest BCUT2D eigenvalue weighted by Gasteiger charge is -2.35. The van der Waals surface area contributed by atoms with E-state index in [1.807, 2.05) is 44.2 Å². The zero-order valence-corrected chi connectivity index (χ0v) is 22.6. The van der Waals surface area contributed by atoms with Crippen molar-refractivity contribution in [2.75, 3.05) is 25.1 Å². The molecule has 0 radical (unpaired) electrons. The number of esters is 1. The summed E-state index contributed by atoms with van der Waals surface area (Å²) in [5.41, 5.74) is 4.38. The van der Waals surface area contributed by atoms with Gasteiger partial charge in [0, 0.05) is 36.4 Å². The predicted octanol–water partition coefficient (Wildman–Crippen LogP) is 4.58. The number of hydrogen-bond acceptors (Lipinski definition) is 6. The first-order valence-electron chi connectivity index (χ1n) is 12.3. The lowest BCUT2D eigenvalue weighted by Crippen LogP contribution is -2.55. The van der Waals surface area contributed by atoms with Crippen LogP contribution in [0.3, 0.4) is 0 Å². The molecular weight excluding hydrogens is 486 g/mol. The second kappa shape index (κ2) is 10.3. The van der Waals surface area contributed by atoms with Gasteiger partial charge in [0.2, 0.25) is 0 Å². The van der Waals surface area contributed by atoms with Gasteiger partial charge in [-0.25, -0.2) is 4.79 Å². The maximum absolute atomic E-state index is 13.1. The van der Waals surface area contributed by atoms with Crippen molar-refractivity contribution in [3.63, 3.8) is 0 Å². The Morgan fingerprint density at radius 1 is 0.919 bits per heavy atom. The lowest BCUT2D eigenvalue weighted by molar-refractivity contribution is -0.133. The molecule has 0 saturated carbocycles. The third kappa shape index (κ3) is 4.57. The van der Waals surface area contributed by atoms with Gasteiger partial charge in [0.05, 0.1) is 12.7 Å². The maximum Gasteiger partial charge on any atom is 0.337 e. The zero-order valence-electron chi connectivity index (χ0n) is 21.8. The molecule has 0 bridgehead atoms. The largest absolute Gasteiger partial charge is 0.465 e. The Morgan fingerprint density at radius 2 is 1.51 bits per heavy atom. The SMILES string of the molecule is CCN1C(=O)C(=C/C=C2/N(Cc3ccc(C(=O)OC)cc3)c3ccccc3C2(C)C)C(=O)N(CC)C1=S. The van der Waals surface area contributed by atoms with Crippen molar-refractivity contribution in [1.29, 1.82) is 0 Å². The molecule has 0 unspecified atom stereocenters. The summed E-state index contributed by atoms with van der Waals surface area (Å²) < 4.78 is 4.81. The zero-order chi connectivity index (χ0) is 26.9. The molecule has 0 aliphatic carbocycles. The van der Waals surface area contributed by atoms with E-state index in [0.29, 0.717) is 25.2 Å². The number of nitrogens with zero attached hydrogens (tertiary/aromatic N) is 3. The van der Waals surface area contributed by atoms with E-state index in [1.54, 1.807) is 18.2 Å². The van der Waals surface area contributed by atoms with Crippen LogP contribution >= 0.6 is 12.2 Å². The maximum atomic E-state index is 13.1. The van der Waals surface area contributed by atoms with Crippen molar-refractivity contribution in [1.82, 2.24) is 9.80 Å². The highest BCUT2D eigenvalue weighted by atomic mass is 32.1. The highest BCUT2D eigenvalue weighted by Crippen LogP contribution is 2.48. The van der Waals surface area contributed by atoms with E-state index in [0.717, 1.165) is 22.5 Å². The van der Waals surface area contributed by atoms with Crippen molar-refractivity contribution < 1.29 is 19.1 Å². The van der Waals surface area contributed by atoms with Crippen LogP contribution in [0, 0.1) is 0 Å². The molecule has 192 valence electrons. The first kappa shape index (κ1) is 26.3. The molecule has 1 fully saturated rings. The van der Waals surface area contributed by atoms with Gasteiger partial charge in [-0.05, 0) is 67.5 Å². The lowest BCUT2D eigenvalue weighted by atomic mass is 9.83. The van der Waals surface area contributed by atoms with Crippen molar-refractivity contribution in [3.05, 3.63) is 88.6 Å². The number of likely N-dealkylation sites (N-methyl/N-ethyl adjacent to an activating group) is 2. The van der Waals surface area contributed by atoms with Crippen LogP contribution in [-0.4, -0.2) is 52.9 Å². The number of methoxy groups -OCH3 is 1. The minimum absolute atomic E-state index is 0.0962. The van der Waals surface area contributed by atoms with Crippen LogP contribution in [0.15, 0.2) is 72.0 Å². The number of carbonyl (C=O) groups excluding carboxylic acids is 3. The fourth-order valence-electron chi connectivity index (χ4n) is 4.92. The van der Waals surface area contributed by atoms with Gasteiger partial charge in [-0.2, -0.15) is 0 Å². The number of rotatable bonds is 6. The first-order chi connectivity index (χ1) is 17.6. The summed E-state index contributed by atoms with van der Waals surface area (Å²) >= 11 is 5.38. The number of fused-ring (bicyclic) bond motifs is 1. The third-order valence-corrected chi connectivity index (χ3v) is 7.41. The van der Waals surface area contributed by atoms with Gasteiger partial charge in [-0.3, -0.25) is 19.4 Å². The molecule has 2 aromatic rings. The summed E-state index contributed by atoms with van der Waals surface area (Å²) in [6, 6.07) is 15.5. The van der Waals surface area contributed by atoms with Gasteiger partial charge >= 0.3 is 5.97 Å². The number of carbonyl (C=O) groups is 3. The molecule has 1 saturated heterocycles. The van der Waals surface area contributed by atoms with Crippen molar-refractivity contribution in [2.24, 2.45) is 0 Å². The molecule has 0 atom stereocenters. The summed E-state index contributed by atoms with van der Waals surface area (Å²) in [6.45, 7) is 9.27. The van der Waals surface area contributed by atoms with E-state index in [-0.39, 0.29) is 33.9 Å². The second-order valence-electron chi connectivity index (χ2n) is 9.43. The monoisotopic (exact) mass is 517 g/mol. The first-order valence-corrected chi connectivity index (χ1v) is 12.7. The minimum atomic E-state index is -0.380. The van der Waals surface area contributed by atoms with Crippen molar-refractivity contribution in [2.45, 2.75) is 39.7 Å². The molecule has 0 N–H and O–H groups in total. The minimum Gasteiger partial charge on any atom is -0.465 e. The number of allylic oxidation sites excluding steroid dienone is 3. The molecule has 2 heterocycles. The van der Waals surface area contributed by atoms with Gasteiger partial charge in [-0.1, -0.05) is 44.2 Å². The summed E-state index contributed by atoms with van der Waals surface area (Å²) in [6.07, 6.45) is 3.51. The Labute approximate surface area is 223 Å². The third-order valence-electron chi connectivity index (χ3n) is 6.97. The smallest absolute Gasteiger partial charge is 0.337 e. The van der Waals surface area contributed by atoms with Crippen LogP contribution in [0.2, 0.25) is 0 Å². The fraction of sp³-hybridized carbons (Fsp3) is 0.310. The Hall–Kier alpha value is -3.78. The Morgan fingerprint density at radius 3 is 2.08 bits per heavy atom. The van der Waals surface area contributed by atoms with E-state index < -0.39 is 0 Å². The highest BCUT2D eigenvalue weighted by molar-refractivity contribution is 7.80. The van der Waals surface area contributed by atoms with Crippen LogP contribution in [0.1, 0.15) is 49.2 Å². The number of anilines is 1. The van der Waals surface area contributed by atoms with E-state index in [1.165, 1.54) is 16.9 Å². The average molecular weight is 518 g/mol. The predicted molar refractivity (Wildman–Crippen MR) is 147 cm³/mol. The highest BCUT2D eigenvalue weighted by Gasteiger charge is 2.41. The van der Waals surface area contributed by atoms with Crippen LogP contribution in [0.5, 0.6) is 0 Å². The molecule has 0 aromatic heterocycles. The molecule has 2 amide bonds. The van der Waals surface area contributed by atoms with Gasteiger partial charge < -0.3 is 9.64 Å². The Balaban J connectivity index is 1.76. The Kier molecular flexibility index (Phi) is 7.32. The number of amides is 2. The quantitative estimate of drug-likeness (QED) is 0.242. The summed E-state index contributed by atoms with van der Waals surface area (Å²) in [7, 11) is 1.36. The molecule has 8 heteroatoms. The van der Waals surface area contributed by atoms with Gasteiger partial charge in [-0.15, -0.1) is 0 Å². The average Bonchev–Trinajstić information content (AvgIpc) is 3.10. The molecule has 7 nitrogen and oxygen atoms in total. The van der Waals surface area contributed by atoms with E-state index >= 15 is 0 Å². The van der Waals surface area contributed by atoms with Gasteiger partial charge in [0.15, 0.2) is 5.11 Å². The summed E-state index contributed by atoms with van der Waals surface area (Å²) in [5, 5.41) is 0.246. The van der Waals surface area contributed by atoms with Gasteiger partial charge in [0.25, 0.3) is 11.8 Å². The molecule has 2 aliphatic heterocycles. The molecule has 37 heavy (non-hydrogen) atoms. The summed E-state index contributed by atoms with van der Waals surface area (Å²) in [4.78, 5) is 43.3.